The highest BCUT2D eigenvalue weighted by atomic mass is 32.2. The van der Waals surface area contributed by atoms with Crippen LogP contribution in [0.4, 0.5) is 0 Å². The van der Waals surface area contributed by atoms with Crippen LogP contribution < -0.4 is 5.32 Å². The average Bonchev–Trinajstić information content (AvgIpc) is 2.40. The van der Waals surface area contributed by atoms with E-state index < -0.39 is 0 Å². The number of thioether (sulfide) groups is 1. The van der Waals surface area contributed by atoms with Crippen LogP contribution in [0, 0.1) is 0 Å². The summed E-state index contributed by atoms with van der Waals surface area (Å²) in [6.45, 7) is 8.42. The number of hydrogen-bond acceptors (Lipinski definition) is 3. The van der Waals surface area contributed by atoms with Gasteiger partial charge in [0, 0.05) is 10.8 Å². The minimum Gasteiger partial charge on any atom is -0.328 e. The third-order valence-corrected chi connectivity index (χ3v) is 4.63. The summed E-state index contributed by atoms with van der Waals surface area (Å²) in [4.78, 5) is 13.9. The molecule has 0 aliphatic carbocycles. The van der Waals surface area contributed by atoms with Crippen molar-refractivity contribution < 1.29 is 4.79 Å². The Labute approximate surface area is 90.6 Å². The van der Waals surface area contributed by atoms with Crippen molar-refractivity contribution in [2.45, 2.75) is 44.5 Å². The predicted molar refractivity (Wildman–Crippen MR) is 61.4 cm³/mol. The minimum atomic E-state index is -0.0769. The summed E-state index contributed by atoms with van der Waals surface area (Å²) in [5, 5.41) is 2.99. The second-order valence-electron chi connectivity index (χ2n) is 4.37. The zero-order valence-electron chi connectivity index (χ0n) is 9.63. The molecule has 1 aliphatic heterocycles. The number of hydrogen-bond donors (Lipinski definition) is 1. The first-order valence-electron chi connectivity index (χ1n) is 5.02. The summed E-state index contributed by atoms with van der Waals surface area (Å²) in [7, 11) is 1.82. The SMILES string of the molecule is CNC(C)C(=O)N1CSC(C)(C)C1C. The molecule has 0 spiro atoms. The van der Waals surface area contributed by atoms with E-state index in [2.05, 4.69) is 26.1 Å². The number of amides is 1. The fraction of sp³-hybridized carbons (Fsp3) is 0.900. The molecule has 0 aromatic rings. The van der Waals surface area contributed by atoms with Crippen LogP contribution in [0.2, 0.25) is 0 Å². The summed E-state index contributed by atoms with van der Waals surface area (Å²) in [5.41, 5.74) is 0. The standard InChI is InChI=1S/C10H20N2OS/c1-7(11-5)9(13)12-6-14-10(3,4)8(12)2/h7-8,11H,6H2,1-5H3. The minimum absolute atomic E-state index is 0.0769. The third-order valence-electron chi connectivity index (χ3n) is 3.14. The van der Waals surface area contributed by atoms with Gasteiger partial charge in [-0.2, -0.15) is 0 Å². The molecule has 1 rings (SSSR count). The largest absolute Gasteiger partial charge is 0.328 e. The van der Waals surface area contributed by atoms with Gasteiger partial charge in [0.25, 0.3) is 0 Å². The maximum Gasteiger partial charge on any atom is 0.240 e. The number of carbonyl (C=O) groups excluding carboxylic acids is 1. The Kier molecular flexibility index (Phi) is 3.48. The maximum atomic E-state index is 11.9. The molecule has 0 bridgehead atoms. The van der Waals surface area contributed by atoms with Gasteiger partial charge in [0.05, 0.1) is 11.9 Å². The summed E-state index contributed by atoms with van der Waals surface area (Å²) in [6, 6.07) is 0.239. The molecule has 0 aromatic heterocycles. The Balaban J connectivity index is 2.68. The number of carbonyl (C=O) groups is 1. The van der Waals surface area contributed by atoms with Crippen molar-refractivity contribution in [3.8, 4) is 0 Å². The van der Waals surface area contributed by atoms with Crippen molar-refractivity contribution in [2.24, 2.45) is 0 Å². The first-order chi connectivity index (χ1) is 6.40. The summed E-state index contributed by atoms with van der Waals surface area (Å²) in [5.74, 6) is 1.03. The quantitative estimate of drug-likeness (QED) is 0.755. The van der Waals surface area contributed by atoms with Gasteiger partial charge >= 0.3 is 0 Å². The Bertz CT molecular complexity index is 230. The molecule has 1 amide bonds. The number of rotatable bonds is 2. The van der Waals surface area contributed by atoms with Gasteiger partial charge < -0.3 is 10.2 Å². The first kappa shape index (κ1) is 11.9. The van der Waals surface area contributed by atoms with Gasteiger partial charge in [-0.05, 0) is 34.7 Å². The molecule has 1 fully saturated rings. The molecule has 0 radical (unpaired) electrons. The van der Waals surface area contributed by atoms with E-state index in [1.165, 1.54) is 0 Å². The Morgan fingerprint density at radius 2 is 2.21 bits per heavy atom. The predicted octanol–water partition coefficient (Wildman–Crippen LogP) is 1.29. The molecule has 0 saturated carbocycles. The molecule has 1 N–H and O–H groups in total. The zero-order valence-corrected chi connectivity index (χ0v) is 10.4. The molecule has 3 nitrogen and oxygen atoms in total. The van der Waals surface area contributed by atoms with Crippen LogP contribution in [0.25, 0.3) is 0 Å². The van der Waals surface area contributed by atoms with Crippen LogP contribution in [0.1, 0.15) is 27.7 Å². The van der Waals surface area contributed by atoms with E-state index in [-0.39, 0.29) is 16.7 Å². The van der Waals surface area contributed by atoms with E-state index in [4.69, 9.17) is 0 Å². The second kappa shape index (κ2) is 4.11. The monoisotopic (exact) mass is 216 g/mol. The molecule has 1 aliphatic rings. The van der Waals surface area contributed by atoms with Gasteiger partial charge in [-0.15, -0.1) is 11.8 Å². The lowest BCUT2D eigenvalue weighted by molar-refractivity contribution is -0.133. The van der Waals surface area contributed by atoms with Gasteiger partial charge in [-0.3, -0.25) is 4.79 Å². The van der Waals surface area contributed by atoms with Gasteiger partial charge in [-0.25, -0.2) is 0 Å². The van der Waals surface area contributed by atoms with Crippen molar-refractivity contribution in [3.05, 3.63) is 0 Å². The lowest BCUT2D eigenvalue weighted by Crippen LogP contribution is -2.48. The van der Waals surface area contributed by atoms with Gasteiger partial charge in [0.2, 0.25) is 5.91 Å². The van der Waals surface area contributed by atoms with E-state index in [1.54, 1.807) is 0 Å². The fourth-order valence-electron chi connectivity index (χ4n) is 1.47. The van der Waals surface area contributed by atoms with E-state index in [9.17, 15) is 4.79 Å². The van der Waals surface area contributed by atoms with E-state index in [0.717, 1.165) is 5.88 Å². The molecule has 2 atom stereocenters. The molecule has 1 saturated heterocycles. The highest BCUT2D eigenvalue weighted by molar-refractivity contribution is 8.00. The highest BCUT2D eigenvalue weighted by Crippen LogP contribution is 2.38. The number of nitrogens with one attached hydrogen (secondary N) is 1. The van der Waals surface area contributed by atoms with E-state index >= 15 is 0 Å². The Morgan fingerprint density at radius 3 is 2.57 bits per heavy atom. The molecule has 0 aromatic carbocycles. The summed E-state index contributed by atoms with van der Waals surface area (Å²) in [6.07, 6.45) is 0. The van der Waals surface area contributed by atoms with Crippen LogP contribution in [-0.2, 0) is 4.79 Å². The van der Waals surface area contributed by atoms with Crippen molar-refractivity contribution in [3.63, 3.8) is 0 Å². The van der Waals surface area contributed by atoms with Crippen LogP contribution in [0.3, 0.4) is 0 Å². The molecular weight excluding hydrogens is 196 g/mol. The first-order valence-corrected chi connectivity index (χ1v) is 6.00. The Hall–Kier alpha value is -0.220. The molecular formula is C10H20N2OS. The second-order valence-corrected chi connectivity index (χ2v) is 5.97. The average molecular weight is 216 g/mol. The van der Waals surface area contributed by atoms with Crippen molar-refractivity contribution in [1.82, 2.24) is 10.2 Å². The zero-order chi connectivity index (χ0) is 10.9. The van der Waals surface area contributed by atoms with Crippen LogP contribution >= 0.6 is 11.8 Å². The normalized spacial score (nSPS) is 27.8. The highest BCUT2D eigenvalue weighted by Gasteiger charge is 2.41. The van der Waals surface area contributed by atoms with Crippen molar-refractivity contribution >= 4 is 17.7 Å². The molecule has 2 unspecified atom stereocenters. The molecule has 82 valence electrons. The fourth-order valence-corrected chi connectivity index (χ4v) is 2.66. The van der Waals surface area contributed by atoms with Crippen molar-refractivity contribution in [2.75, 3.05) is 12.9 Å². The van der Waals surface area contributed by atoms with Crippen LogP contribution in [0.15, 0.2) is 0 Å². The van der Waals surface area contributed by atoms with Crippen LogP contribution in [0.5, 0.6) is 0 Å². The lowest BCUT2D eigenvalue weighted by atomic mass is 10.0. The number of nitrogens with zero attached hydrogens (tertiary/aromatic N) is 1. The van der Waals surface area contributed by atoms with Gasteiger partial charge in [-0.1, -0.05) is 0 Å². The Morgan fingerprint density at radius 1 is 1.64 bits per heavy atom. The molecule has 14 heavy (non-hydrogen) atoms. The van der Waals surface area contributed by atoms with E-state index in [0.29, 0.717) is 6.04 Å². The van der Waals surface area contributed by atoms with Crippen molar-refractivity contribution in [1.29, 1.82) is 0 Å². The number of likely N-dealkylation sites (N-methyl/N-ethyl adjacent to an activating group) is 1. The smallest absolute Gasteiger partial charge is 0.240 e. The maximum absolute atomic E-state index is 11.9. The van der Waals surface area contributed by atoms with Gasteiger partial charge in [0.1, 0.15) is 0 Å². The third kappa shape index (κ3) is 2.06. The van der Waals surface area contributed by atoms with E-state index in [1.807, 2.05) is 30.6 Å². The summed E-state index contributed by atoms with van der Waals surface area (Å²) >= 11 is 1.85. The van der Waals surface area contributed by atoms with Gasteiger partial charge in [0.15, 0.2) is 0 Å². The lowest BCUT2D eigenvalue weighted by Gasteiger charge is -2.29. The topological polar surface area (TPSA) is 32.3 Å². The molecule has 1 heterocycles. The van der Waals surface area contributed by atoms with Crippen LogP contribution in [-0.4, -0.2) is 40.6 Å². The summed E-state index contributed by atoms with van der Waals surface area (Å²) < 4.78 is 0.184. The molecule has 4 heteroatoms.